The number of nitrogen functional groups attached to an aromatic ring is 1. The molecule has 0 heterocycles. The minimum absolute atomic E-state index is 0.0519. The number of hydrogen-bond donors (Lipinski definition) is 1. The lowest BCUT2D eigenvalue weighted by Crippen LogP contribution is -1.97. The van der Waals surface area contributed by atoms with E-state index in [4.69, 9.17) is 5.73 Å². The summed E-state index contributed by atoms with van der Waals surface area (Å²) in [5, 5.41) is 0. The fourth-order valence-electron chi connectivity index (χ4n) is 0.938. The second-order valence-corrected chi connectivity index (χ2v) is 2.63. The highest BCUT2D eigenvalue weighted by atomic mass is 19.1. The maximum atomic E-state index is 12.8. The van der Waals surface area contributed by atoms with Gasteiger partial charge in [0.1, 0.15) is 11.6 Å². The van der Waals surface area contributed by atoms with E-state index in [1.165, 1.54) is 6.07 Å². The zero-order valence-corrected chi connectivity index (χ0v) is 6.70. The predicted octanol–water partition coefficient (Wildman–Crippen LogP) is 2.58. The third-order valence-corrected chi connectivity index (χ3v) is 1.55. The molecule has 1 aromatic carbocycles. The fourth-order valence-corrected chi connectivity index (χ4v) is 0.938. The molecular formula is C9H9F2N. The molecule has 0 aliphatic rings. The number of nitrogens with two attached hydrogens (primary N) is 1. The van der Waals surface area contributed by atoms with Crippen molar-refractivity contribution in [1.29, 1.82) is 0 Å². The van der Waals surface area contributed by atoms with E-state index >= 15 is 0 Å². The third kappa shape index (κ3) is 1.44. The van der Waals surface area contributed by atoms with Crippen LogP contribution in [0.2, 0.25) is 0 Å². The first-order chi connectivity index (χ1) is 5.52. The number of hydrogen-bond acceptors (Lipinski definition) is 1. The van der Waals surface area contributed by atoms with Gasteiger partial charge in [0.25, 0.3) is 0 Å². The molecule has 0 fully saturated rings. The standard InChI is InChI=1S/C9H9F2N/c1-5(2)7-3-6(10)4-8(11)9(7)12/h3-4H,1,12H2,2H3. The van der Waals surface area contributed by atoms with Gasteiger partial charge in [0.05, 0.1) is 5.69 Å². The molecule has 1 nitrogen and oxygen atoms in total. The predicted molar refractivity (Wildman–Crippen MR) is 45.5 cm³/mol. The van der Waals surface area contributed by atoms with Crippen molar-refractivity contribution < 1.29 is 8.78 Å². The first-order valence-corrected chi connectivity index (χ1v) is 3.42. The average Bonchev–Trinajstić information content (AvgIpc) is 1.96. The van der Waals surface area contributed by atoms with Crippen LogP contribution in [-0.2, 0) is 0 Å². The number of halogens is 2. The summed E-state index contributed by atoms with van der Waals surface area (Å²) in [6.45, 7) is 5.20. The van der Waals surface area contributed by atoms with Gasteiger partial charge in [-0.05, 0) is 18.6 Å². The Morgan fingerprint density at radius 2 is 2.00 bits per heavy atom. The van der Waals surface area contributed by atoms with Gasteiger partial charge in [0.15, 0.2) is 0 Å². The van der Waals surface area contributed by atoms with E-state index < -0.39 is 11.6 Å². The van der Waals surface area contributed by atoms with Crippen LogP contribution in [0.5, 0.6) is 0 Å². The highest BCUT2D eigenvalue weighted by Crippen LogP contribution is 2.23. The van der Waals surface area contributed by atoms with E-state index in [2.05, 4.69) is 6.58 Å². The molecule has 3 heteroatoms. The quantitative estimate of drug-likeness (QED) is 0.642. The molecule has 0 aliphatic heterocycles. The van der Waals surface area contributed by atoms with Crippen LogP contribution >= 0.6 is 0 Å². The Morgan fingerprint density at radius 1 is 1.42 bits per heavy atom. The van der Waals surface area contributed by atoms with Crippen LogP contribution in [0.3, 0.4) is 0 Å². The van der Waals surface area contributed by atoms with Gasteiger partial charge in [-0.2, -0.15) is 0 Å². The topological polar surface area (TPSA) is 26.0 Å². The van der Waals surface area contributed by atoms with Crippen LogP contribution < -0.4 is 5.73 Å². The van der Waals surface area contributed by atoms with Gasteiger partial charge < -0.3 is 5.73 Å². The van der Waals surface area contributed by atoms with Crippen molar-refractivity contribution in [3.05, 3.63) is 35.9 Å². The molecule has 0 saturated heterocycles. The SMILES string of the molecule is C=C(C)c1cc(F)cc(F)c1N. The Labute approximate surface area is 69.5 Å². The van der Waals surface area contributed by atoms with E-state index in [0.717, 1.165) is 6.07 Å². The van der Waals surface area contributed by atoms with Gasteiger partial charge in [0.2, 0.25) is 0 Å². The van der Waals surface area contributed by atoms with Crippen LogP contribution in [0.25, 0.3) is 5.57 Å². The maximum Gasteiger partial charge on any atom is 0.149 e. The van der Waals surface area contributed by atoms with Crippen molar-refractivity contribution >= 4 is 11.3 Å². The van der Waals surface area contributed by atoms with Crippen LogP contribution in [0, 0.1) is 11.6 Å². The van der Waals surface area contributed by atoms with Crippen molar-refractivity contribution in [3.63, 3.8) is 0 Å². The zero-order valence-electron chi connectivity index (χ0n) is 6.70. The molecule has 0 aliphatic carbocycles. The molecule has 0 atom stereocenters. The largest absolute Gasteiger partial charge is 0.396 e. The highest BCUT2D eigenvalue weighted by molar-refractivity contribution is 5.72. The molecule has 0 amide bonds. The molecule has 1 aromatic rings. The van der Waals surface area contributed by atoms with Crippen molar-refractivity contribution in [2.45, 2.75) is 6.92 Å². The van der Waals surface area contributed by atoms with E-state index in [0.29, 0.717) is 11.1 Å². The summed E-state index contributed by atoms with van der Waals surface area (Å²) in [6, 6.07) is 1.92. The number of benzene rings is 1. The van der Waals surface area contributed by atoms with Gasteiger partial charge in [0, 0.05) is 11.6 Å². The first-order valence-electron chi connectivity index (χ1n) is 3.42. The molecule has 0 unspecified atom stereocenters. The summed E-state index contributed by atoms with van der Waals surface area (Å²) in [5.74, 6) is -1.38. The molecule has 0 radical (unpaired) electrons. The van der Waals surface area contributed by atoms with E-state index in [-0.39, 0.29) is 5.69 Å². The summed E-state index contributed by atoms with van der Waals surface area (Å²) >= 11 is 0. The highest BCUT2D eigenvalue weighted by Gasteiger charge is 2.07. The van der Waals surface area contributed by atoms with Gasteiger partial charge in [-0.25, -0.2) is 8.78 Å². The molecule has 12 heavy (non-hydrogen) atoms. The number of anilines is 1. The normalized spacial score (nSPS) is 9.92. The molecule has 64 valence electrons. The van der Waals surface area contributed by atoms with Crippen molar-refractivity contribution in [3.8, 4) is 0 Å². The second-order valence-electron chi connectivity index (χ2n) is 2.63. The lowest BCUT2D eigenvalue weighted by Gasteiger charge is -2.05. The number of rotatable bonds is 1. The lowest BCUT2D eigenvalue weighted by molar-refractivity contribution is 0.585. The minimum Gasteiger partial charge on any atom is -0.396 e. The summed E-state index contributed by atoms with van der Waals surface area (Å²) in [5.41, 5.74) is 6.17. The van der Waals surface area contributed by atoms with E-state index in [9.17, 15) is 8.78 Å². The van der Waals surface area contributed by atoms with Crippen molar-refractivity contribution in [2.75, 3.05) is 5.73 Å². The van der Waals surface area contributed by atoms with E-state index in [1.807, 2.05) is 0 Å². The molecule has 1 rings (SSSR count). The summed E-state index contributed by atoms with van der Waals surface area (Å²) in [6.07, 6.45) is 0. The van der Waals surface area contributed by atoms with Gasteiger partial charge in [-0.1, -0.05) is 6.58 Å². The second kappa shape index (κ2) is 2.93. The van der Waals surface area contributed by atoms with Gasteiger partial charge in [-0.3, -0.25) is 0 Å². The Kier molecular flexibility index (Phi) is 2.13. The Morgan fingerprint density at radius 3 is 2.50 bits per heavy atom. The van der Waals surface area contributed by atoms with Gasteiger partial charge >= 0.3 is 0 Å². The molecule has 2 N–H and O–H groups in total. The van der Waals surface area contributed by atoms with Crippen LogP contribution in [0.1, 0.15) is 12.5 Å². The summed E-state index contributed by atoms with van der Waals surface area (Å²) in [4.78, 5) is 0. The Hall–Kier alpha value is -1.38. The number of allylic oxidation sites excluding steroid dienone is 1. The summed E-state index contributed by atoms with van der Waals surface area (Å²) in [7, 11) is 0. The molecule has 0 saturated carbocycles. The van der Waals surface area contributed by atoms with E-state index in [1.54, 1.807) is 6.92 Å². The summed E-state index contributed by atoms with van der Waals surface area (Å²) < 4.78 is 25.4. The Balaban J connectivity index is 3.37. The average molecular weight is 169 g/mol. The smallest absolute Gasteiger partial charge is 0.149 e. The van der Waals surface area contributed by atoms with Gasteiger partial charge in [-0.15, -0.1) is 0 Å². The van der Waals surface area contributed by atoms with Crippen molar-refractivity contribution in [1.82, 2.24) is 0 Å². The first kappa shape index (κ1) is 8.71. The van der Waals surface area contributed by atoms with Crippen molar-refractivity contribution in [2.24, 2.45) is 0 Å². The third-order valence-electron chi connectivity index (χ3n) is 1.55. The van der Waals surface area contributed by atoms with Crippen LogP contribution in [-0.4, -0.2) is 0 Å². The Bertz CT molecular complexity index is 332. The van der Waals surface area contributed by atoms with Crippen LogP contribution in [0.4, 0.5) is 14.5 Å². The zero-order chi connectivity index (χ0) is 9.30. The molecule has 0 aromatic heterocycles. The molecular weight excluding hydrogens is 160 g/mol. The molecule has 0 spiro atoms. The monoisotopic (exact) mass is 169 g/mol. The maximum absolute atomic E-state index is 12.8. The minimum atomic E-state index is -0.743. The lowest BCUT2D eigenvalue weighted by atomic mass is 10.1. The van der Waals surface area contributed by atoms with Crippen LogP contribution in [0.15, 0.2) is 18.7 Å². The molecule has 0 bridgehead atoms. The fraction of sp³-hybridized carbons (Fsp3) is 0.111.